The minimum Gasteiger partial charge on any atom is -0.494 e. The second-order valence-electron chi connectivity index (χ2n) is 7.16. The lowest BCUT2D eigenvalue weighted by Gasteiger charge is -2.25. The van der Waals surface area contributed by atoms with Gasteiger partial charge in [0.15, 0.2) is 0 Å². The van der Waals surface area contributed by atoms with Crippen molar-refractivity contribution >= 4 is 10.0 Å². The van der Waals surface area contributed by atoms with Gasteiger partial charge in [0.25, 0.3) is 0 Å². The van der Waals surface area contributed by atoms with Crippen LogP contribution in [0.4, 0.5) is 0 Å². The third kappa shape index (κ3) is 4.27. The number of hydrogen-bond acceptors (Lipinski definition) is 3. The van der Waals surface area contributed by atoms with Crippen LogP contribution in [0, 0.1) is 0 Å². The van der Waals surface area contributed by atoms with E-state index in [4.69, 9.17) is 4.74 Å². The molecular formula is C18H29NO3S. The van der Waals surface area contributed by atoms with Crippen molar-refractivity contribution < 1.29 is 13.2 Å². The molecule has 4 nitrogen and oxygen atoms in total. The van der Waals surface area contributed by atoms with Crippen LogP contribution in [0.5, 0.6) is 5.75 Å². The minimum atomic E-state index is -3.42. The van der Waals surface area contributed by atoms with Crippen molar-refractivity contribution in [1.29, 1.82) is 0 Å². The van der Waals surface area contributed by atoms with E-state index in [1.54, 1.807) is 22.5 Å². The average Bonchev–Trinajstić information content (AvgIpc) is 2.76. The van der Waals surface area contributed by atoms with E-state index < -0.39 is 10.0 Å². The predicted molar refractivity (Wildman–Crippen MR) is 93.5 cm³/mol. The summed E-state index contributed by atoms with van der Waals surface area (Å²) in [6.45, 7) is 9.99. The molecule has 1 saturated heterocycles. The molecule has 130 valence electrons. The largest absolute Gasteiger partial charge is 0.494 e. The average molecular weight is 340 g/mol. The van der Waals surface area contributed by atoms with Gasteiger partial charge in [0.05, 0.1) is 11.5 Å². The molecule has 23 heavy (non-hydrogen) atoms. The minimum absolute atomic E-state index is 0.172. The molecule has 0 spiro atoms. The summed E-state index contributed by atoms with van der Waals surface area (Å²) in [5, 5.41) is 0. The maximum absolute atomic E-state index is 13.0. The maximum atomic E-state index is 13.0. The smallest absolute Gasteiger partial charge is 0.243 e. The Bertz CT molecular complexity index is 624. The first kappa shape index (κ1) is 18.3. The first-order chi connectivity index (χ1) is 10.8. The molecule has 0 radical (unpaired) electrons. The monoisotopic (exact) mass is 339 g/mol. The second kappa shape index (κ2) is 7.22. The van der Waals surface area contributed by atoms with Crippen LogP contribution in [0.2, 0.25) is 0 Å². The molecular weight excluding hydrogens is 310 g/mol. The highest BCUT2D eigenvalue weighted by atomic mass is 32.2. The lowest BCUT2D eigenvalue weighted by Crippen LogP contribution is -2.32. The van der Waals surface area contributed by atoms with Crippen LogP contribution in [-0.4, -0.2) is 32.4 Å². The van der Waals surface area contributed by atoms with Gasteiger partial charge in [-0.05, 0) is 43.4 Å². The van der Waals surface area contributed by atoms with Crippen molar-refractivity contribution in [2.45, 2.75) is 63.7 Å². The molecule has 0 N–H and O–H groups in total. The van der Waals surface area contributed by atoms with Crippen molar-refractivity contribution in [1.82, 2.24) is 4.31 Å². The molecule has 0 bridgehead atoms. The third-order valence-electron chi connectivity index (χ3n) is 4.26. The van der Waals surface area contributed by atoms with E-state index in [2.05, 4.69) is 20.8 Å². The van der Waals surface area contributed by atoms with Gasteiger partial charge in [0.2, 0.25) is 10.0 Å². The fraction of sp³-hybridized carbons (Fsp3) is 0.667. The molecule has 2 rings (SSSR count). The Balaban J connectivity index is 2.42. The number of nitrogens with zero attached hydrogens (tertiary/aromatic N) is 1. The van der Waals surface area contributed by atoms with Crippen molar-refractivity contribution in [3.05, 3.63) is 23.8 Å². The molecule has 0 unspecified atom stereocenters. The van der Waals surface area contributed by atoms with Gasteiger partial charge >= 0.3 is 0 Å². The third-order valence-corrected chi connectivity index (χ3v) is 6.16. The number of rotatable bonds is 4. The lowest BCUT2D eigenvalue weighted by atomic mass is 9.86. The van der Waals surface area contributed by atoms with E-state index >= 15 is 0 Å². The number of hydrogen-bond donors (Lipinski definition) is 0. The number of sulfonamides is 1. The molecule has 1 aliphatic rings. The second-order valence-corrected chi connectivity index (χ2v) is 9.10. The number of benzene rings is 1. The zero-order valence-electron chi connectivity index (χ0n) is 14.8. The van der Waals surface area contributed by atoms with Gasteiger partial charge in [-0.2, -0.15) is 4.31 Å². The van der Waals surface area contributed by atoms with Gasteiger partial charge in [-0.15, -0.1) is 0 Å². The Morgan fingerprint density at radius 3 is 2.22 bits per heavy atom. The van der Waals surface area contributed by atoms with Gasteiger partial charge in [-0.25, -0.2) is 8.42 Å². The van der Waals surface area contributed by atoms with Gasteiger partial charge in [0.1, 0.15) is 5.75 Å². The summed E-state index contributed by atoms with van der Waals surface area (Å²) in [5.41, 5.74) is 0.768. The Hall–Kier alpha value is -1.07. The van der Waals surface area contributed by atoms with E-state index in [0.29, 0.717) is 24.6 Å². The standard InChI is InChI=1S/C18H29NO3S/c1-5-22-17-11-10-15(14-16(17)18(2,3)4)23(20,21)19-12-8-6-7-9-13-19/h10-11,14H,5-9,12-13H2,1-4H3. The van der Waals surface area contributed by atoms with Crippen LogP contribution >= 0.6 is 0 Å². The van der Waals surface area contributed by atoms with Crippen LogP contribution in [0.25, 0.3) is 0 Å². The summed E-state index contributed by atoms with van der Waals surface area (Å²) < 4.78 is 33.3. The summed E-state index contributed by atoms with van der Waals surface area (Å²) in [4.78, 5) is 0.382. The fourth-order valence-electron chi connectivity index (χ4n) is 2.97. The maximum Gasteiger partial charge on any atom is 0.243 e. The molecule has 1 aliphatic heterocycles. The highest BCUT2D eigenvalue weighted by molar-refractivity contribution is 7.89. The SMILES string of the molecule is CCOc1ccc(S(=O)(=O)N2CCCCCC2)cc1C(C)(C)C. The highest BCUT2D eigenvalue weighted by Gasteiger charge is 2.28. The zero-order valence-corrected chi connectivity index (χ0v) is 15.6. The van der Waals surface area contributed by atoms with Crippen LogP contribution in [0.3, 0.4) is 0 Å². The molecule has 5 heteroatoms. The van der Waals surface area contributed by atoms with Gasteiger partial charge < -0.3 is 4.74 Å². The highest BCUT2D eigenvalue weighted by Crippen LogP contribution is 2.34. The molecule has 0 aliphatic carbocycles. The van der Waals surface area contributed by atoms with Crippen molar-refractivity contribution in [2.24, 2.45) is 0 Å². The van der Waals surface area contributed by atoms with E-state index in [9.17, 15) is 8.42 Å². The van der Waals surface area contributed by atoms with Crippen molar-refractivity contribution in [3.8, 4) is 5.75 Å². The van der Waals surface area contributed by atoms with Crippen LogP contribution in [0.15, 0.2) is 23.1 Å². The molecule has 1 fully saturated rings. The summed E-state index contributed by atoms with van der Waals surface area (Å²) in [6, 6.07) is 5.28. The first-order valence-corrected chi connectivity index (χ1v) is 9.98. The Kier molecular flexibility index (Phi) is 5.74. The summed E-state index contributed by atoms with van der Waals surface area (Å²) in [5.74, 6) is 0.773. The summed E-state index contributed by atoms with van der Waals surface area (Å²) >= 11 is 0. The zero-order chi connectivity index (χ0) is 17.1. The van der Waals surface area contributed by atoms with Crippen LogP contribution in [-0.2, 0) is 15.4 Å². The van der Waals surface area contributed by atoms with Gasteiger partial charge in [-0.1, -0.05) is 33.6 Å². The Morgan fingerprint density at radius 1 is 1.09 bits per heavy atom. The normalized spacial score (nSPS) is 17.7. The molecule has 1 aromatic rings. The molecule has 0 atom stereocenters. The molecule has 0 aromatic heterocycles. The molecule has 1 heterocycles. The van der Waals surface area contributed by atoms with Crippen molar-refractivity contribution in [3.63, 3.8) is 0 Å². The van der Waals surface area contributed by atoms with Gasteiger partial charge in [0, 0.05) is 18.7 Å². The van der Waals surface area contributed by atoms with E-state index in [-0.39, 0.29) is 5.41 Å². The fourth-order valence-corrected chi connectivity index (χ4v) is 4.51. The van der Waals surface area contributed by atoms with E-state index in [0.717, 1.165) is 37.0 Å². The molecule has 1 aromatic carbocycles. The number of ether oxygens (including phenoxy) is 1. The Morgan fingerprint density at radius 2 is 1.70 bits per heavy atom. The van der Waals surface area contributed by atoms with E-state index in [1.165, 1.54) is 0 Å². The quantitative estimate of drug-likeness (QED) is 0.834. The lowest BCUT2D eigenvalue weighted by molar-refractivity contribution is 0.329. The molecule has 0 amide bonds. The van der Waals surface area contributed by atoms with Gasteiger partial charge in [-0.3, -0.25) is 0 Å². The predicted octanol–water partition coefficient (Wildman–Crippen LogP) is 3.95. The van der Waals surface area contributed by atoms with Crippen molar-refractivity contribution in [2.75, 3.05) is 19.7 Å². The summed E-state index contributed by atoms with van der Waals surface area (Å²) in [7, 11) is -3.42. The first-order valence-electron chi connectivity index (χ1n) is 8.54. The topological polar surface area (TPSA) is 46.6 Å². The van der Waals surface area contributed by atoms with E-state index in [1.807, 2.05) is 6.92 Å². The van der Waals surface area contributed by atoms with Crippen LogP contribution in [0.1, 0.15) is 58.9 Å². The van der Waals surface area contributed by atoms with Crippen LogP contribution < -0.4 is 4.74 Å². The molecule has 0 saturated carbocycles. The summed E-state index contributed by atoms with van der Waals surface area (Å²) in [6.07, 6.45) is 4.12. The Labute approximate surface area is 140 Å².